The van der Waals surface area contributed by atoms with Crippen molar-refractivity contribution in [2.45, 2.75) is 25.2 Å². The molecule has 0 N–H and O–H groups in total. The Hall–Kier alpha value is -1.08. The lowest BCUT2D eigenvalue weighted by Crippen LogP contribution is -1.98. The summed E-state index contributed by atoms with van der Waals surface area (Å²) in [6.45, 7) is 0. The summed E-state index contributed by atoms with van der Waals surface area (Å²) in [5.41, 5.74) is 4.53. The normalized spacial score (nSPS) is 18.1. The molecule has 0 saturated carbocycles. The van der Waals surface area contributed by atoms with Crippen LogP contribution in [0.25, 0.3) is 0 Å². The number of fused-ring (bicyclic) bond motifs is 1. The summed E-state index contributed by atoms with van der Waals surface area (Å²) in [5.74, 6) is 0.709. The van der Waals surface area contributed by atoms with Gasteiger partial charge < -0.3 is 0 Å². The van der Waals surface area contributed by atoms with Crippen LogP contribution in [0.2, 0.25) is 0 Å². The number of aryl methyl sites for hydroxylation is 1. The molecule has 1 atom stereocenters. The molecule has 0 aliphatic heterocycles. The minimum Gasteiger partial charge on any atom is -0.0622 e. The van der Waals surface area contributed by atoms with Crippen molar-refractivity contribution in [3.05, 3.63) is 69.7 Å². The first-order valence-corrected chi connectivity index (χ1v) is 6.94. The van der Waals surface area contributed by atoms with Gasteiger partial charge in [-0.3, -0.25) is 0 Å². The van der Waals surface area contributed by atoms with E-state index in [0.29, 0.717) is 5.92 Å². The van der Waals surface area contributed by atoms with Crippen molar-refractivity contribution in [2.24, 2.45) is 0 Å². The van der Waals surface area contributed by atoms with E-state index < -0.39 is 0 Å². The highest BCUT2D eigenvalue weighted by atomic mass is 79.9. The maximum absolute atomic E-state index is 3.55. The van der Waals surface area contributed by atoms with Crippen molar-refractivity contribution in [1.82, 2.24) is 0 Å². The van der Waals surface area contributed by atoms with Crippen LogP contribution >= 0.6 is 15.9 Å². The average molecular weight is 287 g/mol. The van der Waals surface area contributed by atoms with E-state index in [1.807, 2.05) is 0 Å². The van der Waals surface area contributed by atoms with Crippen LogP contribution in [-0.2, 0) is 12.8 Å². The highest BCUT2D eigenvalue weighted by Gasteiger charge is 2.22. The van der Waals surface area contributed by atoms with Crippen molar-refractivity contribution in [3.63, 3.8) is 0 Å². The molecule has 0 spiro atoms. The van der Waals surface area contributed by atoms with E-state index in [9.17, 15) is 0 Å². The molecule has 86 valence electrons. The number of hydrogen-bond donors (Lipinski definition) is 0. The van der Waals surface area contributed by atoms with E-state index in [4.69, 9.17) is 0 Å². The molecular formula is C16H15Br. The van der Waals surface area contributed by atoms with Gasteiger partial charge in [0, 0.05) is 4.47 Å². The van der Waals surface area contributed by atoms with Crippen LogP contribution in [0.5, 0.6) is 0 Å². The smallest absolute Gasteiger partial charge is 0.0178 e. The molecule has 0 nitrogen and oxygen atoms in total. The standard InChI is InChI=1S/C16H15Br/c17-15-8-9-16-13(6-7-14(16)11-15)10-12-4-2-1-3-5-12/h1-5,8-9,11,13H,6-7,10H2/t13-/m0/s1. The fraction of sp³-hybridized carbons (Fsp3) is 0.250. The maximum atomic E-state index is 3.55. The van der Waals surface area contributed by atoms with Crippen LogP contribution in [-0.4, -0.2) is 0 Å². The highest BCUT2D eigenvalue weighted by Crippen LogP contribution is 2.36. The molecule has 2 aromatic rings. The van der Waals surface area contributed by atoms with Gasteiger partial charge in [0.2, 0.25) is 0 Å². The SMILES string of the molecule is Brc1ccc2c(c1)CC[C@H]2Cc1ccccc1. The van der Waals surface area contributed by atoms with Crippen molar-refractivity contribution in [3.8, 4) is 0 Å². The molecule has 0 amide bonds. The summed E-state index contributed by atoms with van der Waals surface area (Å²) in [5, 5.41) is 0. The average Bonchev–Trinajstić information content (AvgIpc) is 2.73. The monoisotopic (exact) mass is 286 g/mol. The number of halogens is 1. The van der Waals surface area contributed by atoms with Gasteiger partial charge in [0.25, 0.3) is 0 Å². The van der Waals surface area contributed by atoms with E-state index in [-0.39, 0.29) is 0 Å². The Bertz CT molecular complexity index is 516. The Morgan fingerprint density at radius 3 is 2.71 bits per heavy atom. The molecule has 0 aromatic heterocycles. The van der Waals surface area contributed by atoms with Crippen LogP contribution < -0.4 is 0 Å². The Morgan fingerprint density at radius 2 is 1.88 bits per heavy atom. The Kier molecular flexibility index (Phi) is 3.02. The van der Waals surface area contributed by atoms with Gasteiger partial charge in [-0.25, -0.2) is 0 Å². The van der Waals surface area contributed by atoms with Crippen LogP contribution in [0.15, 0.2) is 53.0 Å². The summed E-state index contributed by atoms with van der Waals surface area (Å²) >= 11 is 3.55. The fourth-order valence-corrected chi connectivity index (χ4v) is 3.19. The first-order valence-electron chi connectivity index (χ1n) is 6.15. The largest absolute Gasteiger partial charge is 0.0622 e. The van der Waals surface area contributed by atoms with Crippen molar-refractivity contribution in [2.75, 3.05) is 0 Å². The van der Waals surface area contributed by atoms with Gasteiger partial charge in [0.15, 0.2) is 0 Å². The van der Waals surface area contributed by atoms with Gasteiger partial charge in [-0.15, -0.1) is 0 Å². The van der Waals surface area contributed by atoms with Crippen LogP contribution in [0.3, 0.4) is 0 Å². The third-order valence-electron chi connectivity index (χ3n) is 3.63. The van der Waals surface area contributed by atoms with Crippen LogP contribution in [0.1, 0.15) is 29.0 Å². The van der Waals surface area contributed by atoms with Gasteiger partial charge in [-0.1, -0.05) is 52.3 Å². The van der Waals surface area contributed by atoms with Gasteiger partial charge >= 0.3 is 0 Å². The second kappa shape index (κ2) is 4.66. The Balaban J connectivity index is 1.85. The van der Waals surface area contributed by atoms with Crippen LogP contribution in [0.4, 0.5) is 0 Å². The number of rotatable bonds is 2. The first-order chi connectivity index (χ1) is 8.33. The predicted molar refractivity (Wildman–Crippen MR) is 75.4 cm³/mol. The second-order valence-corrected chi connectivity index (χ2v) is 5.68. The molecule has 0 unspecified atom stereocenters. The molecule has 0 saturated heterocycles. The number of benzene rings is 2. The molecule has 1 aliphatic rings. The van der Waals surface area contributed by atoms with Gasteiger partial charge in [0.1, 0.15) is 0 Å². The lowest BCUT2D eigenvalue weighted by atomic mass is 9.94. The summed E-state index contributed by atoms with van der Waals surface area (Å²) in [7, 11) is 0. The first kappa shape index (κ1) is 11.0. The summed E-state index contributed by atoms with van der Waals surface area (Å²) < 4.78 is 1.21. The molecule has 0 fully saturated rings. The third-order valence-corrected chi connectivity index (χ3v) is 4.13. The van der Waals surface area contributed by atoms with E-state index in [1.54, 1.807) is 5.56 Å². The Labute approximate surface area is 111 Å². The highest BCUT2D eigenvalue weighted by molar-refractivity contribution is 9.10. The topological polar surface area (TPSA) is 0 Å². The second-order valence-electron chi connectivity index (χ2n) is 4.77. The molecule has 0 radical (unpaired) electrons. The molecule has 2 aromatic carbocycles. The summed E-state index contributed by atoms with van der Waals surface area (Å²) in [6.07, 6.45) is 3.70. The third kappa shape index (κ3) is 2.30. The van der Waals surface area contributed by atoms with Crippen LogP contribution in [0, 0.1) is 0 Å². The molecule has 1 aliphatic carbocycles. The molecular weight excluding hydrogens is 272 g/mol. The minimum absolute atomic E-state index is 0.709. The van der Waals surface area contributed by atoms with Gasteiger partial charge in [0.05, 0.1) is 0 Å². The fourth-order valence-electron chi connectivity index (χ4n) is 2.78. The molecule has 0 bridgehead atoms. The number of hydrogen-bond acceptors (Lipinski definition) is 0. The minimum atomic E-state index is 0.709. The van der Waals surface area contributed by atoms with E-state index in [0.717, 1.165) is 0 Å². The van der Waals surface area contributed by atoms with E-state index in [1.165, 1.54) is 34.9 Å². The van der Waals surface area contributed by atoms with Gasteiger partial charge in [-0.2, -0.15) is 0 Å². The van der Waals surface area contributed by atoms with E-state index in [2.05, 4.69) is 64.5 Å². The predicted octanol–water partition coefficient (Wildman–Crippen LogP) is 4.72. The van der Waals surface area contributed by atoms with Crippen molar-refractivity contribution < 1.29 is 0 Å². The lowest BCUT2D eigenvalue weighted by molar-refractivity contribution is 0.674. The summed E-state index contributed by atoms with van der Waals surface area (Å²) in [6, 6.07) is 17.6. The zero-order valence-corrected chi connectivity index (χ0v) is 11.3. The Morgan fingerprint density at radius 1 is 1.06 bits per heavy atom. The maximum Gasteiger partial charge on any atom is 0.0178 e. The molecule has 1 heteroatoms. The van der Waals surface area contributed by atoms with E-state index >= 15 is 0 Å². The lowest BCUT2D eigenvalue weighted by Gasteiger charge is -2.11. The zero-order valence-electron chi connectivity index (χ0n) is 9.70. The summed E-state index contributed by atoms with van der Waals surface area (Å²) in [4.78, 5) is 0. The molecule has 17 heavy (non-hydrogen) atoms. The van der Waals surface area contributed by atoms with Crippen molar-refractivity contribution >= 4 is 15.9 Å². The zero-order chi connectivity index (χ0) is 11.7. The van der Waals surface area contributed by atoms with Crippen molar-refractivity contribution in [1.29, 1.82) is 0 Å². The quantitative estimate of drug-likeness (QED) is 0.749. The van der Waals surface area contributed by atoms with Gasteiger partial charge in [-0.05, 0) is 54.0 Å². The molecule has 3 rings (SSSR count). The molecule has 0 heterocycles.